The Labute approximate surface area is 119 Å². The highest BCUT2D eigenvalue weighted by Gasteiger charge is 2.06. The largest absolute Gasteiger partial charge is 0.306 e. The van der Waals surface area contributed by atoms with Gasteiger partial charge in [0, 0.05) is 17.1 Å². The lowest BCUT2D eigenvalue weighted by Gasteiger charge is -2.14. The molecule has 4 heteroatoms. The predicted molar refractivity (Wildman–Crippen MR) is 75.8 cm³/mol. The van der Waals surface area contributed by atoms with Crippen molar-refractivity contribution in [3.8, 4) is 0 Å². The van der Waals surface area contributed by atoms with E-state index in [-0.39, 0.29) is 6.04 Å². The van der Waals surface area contributed by atoms with Gasteiger partial charge in [0.25, 0.3) is 0 Å². The summed E-state index contributed by atoms with van der Waals surface area (Å²) in [7, 11) is 0. The van der Waals surface area contributed by atoms with Crippen molar-refractivity contribution in [1.29, 1.82) is 0 Å². The second kappa shape index (κ2) is 6.26. The van der Waals surface area contributed by atoms with Crippen LogP contribution in [0.2, 0.25) is 0 Å². The van der Waals surface area contributed by atoms with E-state index in [0.717, 1.165) is 21.7 Å². The molecule has 0 heterocycles. The molecular weight excluding hydrogens is 312 g/mol. The minimum atomic E-state index is -0.815. The van der Waals surface area contributed by atoms with Crippen LogP contribution < -0.4 is 5.32 Å². The van der Waals surface area contributed by atoms with Crippen LogP contribution in [0.1, 0.15) is 24.1 Å². The lowest BCUT2D eigenvalue weighted by Crippen LogP contribution is -2.18. The van der Waals surface area contributed by atoms with Gasteiger partial charge in [-0.1, -0.05) is 34.1 Å². The zero-order valence-corrected chi connectivity index (χ0v) is 12.0. The molecule has 0 aliphatic rings. The third-order valence-corrected chi connectivity index (χ3v) is 3.50. The normalized spacial score (nSPS) is 12.4. The van der Waals surface area contributed by atoms with Gasteiger partial charge in [-0.05, 0) is 42.3 Å². The van der Waals surface area contributed by atoms with Crippen molar-refractivity contribution in [2.75, 3.05) is 0 Å². The van der Waals surface area contributed by atoms with E-state index in [1.54, 1.807) is 6.07 Å². The van der Waals surface area contributed by atoms with Gasteiger partial charge in [0.1, 0.15) is 0 Å². The van der Waals surface area contributed by atoms with Crippen LogP contribution >= 0.6 is 15.9 Å². The molecule has 1 N–H and O–H groups in total. The van der Waals surface area contributed by atoms with Crippen molar-refractivity contribution >= 4 is 15.9 Å². The number of benzene rings is 2. The summed E-state index contributed by atoms with van der Waals surface area (Å²) in [6.07, 6.45) is 0. The molecule has 1 nitrogen and oxygen atoms in total. The second-order valence-corrected chi connectivity index (χ2v) is 5.32. The fourth-order valence-electron chi connectivity index (χ4n) is 1.79. The highest BCUT2D eigenvalue weighted by molar-refractivity contribution is 9.10. The molecule has 0 bridgehead atoms. The molecule has 0 aromatic heterocycles. The summed E-state index contributed by atoms with van der Waals surface area (Å²) in [6.45, 7) is 2.53. The number of hydrogen-bond acceptors (Lipinski definition) is 1. The molecular formula is C15H14BrF2N. The van der Waals surface area contributed by atoms with E-state index in [1.807, 2.05) is 31.2 Å². The van der Waals surface area contributed by atoms with Crippen molar-refractivity contribution in [2.24, 2.45) is 0 Å². The molecule has 0 aliphatic heterocycles. The molecule has 0 saturated heterocycles. The number of hydrogen-bond donors (Lipinski definition) is 1. The molecule has 100 valence electrons. The van der Waals surface area contributed by atoms with E-state index < -0.39 is 11.6 Å². The monoisotopic (exact) mass is 325 g/mol. The zero-order valence-electron chi connectivity index (χ0n) is 10.5. The number of halogens is 3. The van der Waals surface area contributed by atoms with Gasteiger partial charge in [-0.25, -0.2) is 8.78 Å². The summed E-state index contributed by atoms with van der Waals surface area (Å²) >= 11 is 3.39. The molecule has 0 aliphatic carbocycles. The van der Waals surface area contributed by atoms with E-state index in [4.69, 9.17) is 0 Å². The van der Waals surface area contributed by atoms with Crippen LogP contribution in [-0.4, -0.2) is 0 Å². The van der Waals surface area contributed by atoms with Crippen molar-refractivity contribution in [3.05, 3.63) is 69.7 Å². The molecule has 1 atom stereocenters. The fraction of sp³-hybridized carbons (Fsp3) is 0.200. The van der Waals surface area contributed by atoms with E-state index in [1.165, 1.54) is 6.07 Å². The average molecular weight is 326 g/mol. The van der Waals surface area contributed by atoms with Gasteiger partial charge >= 0.3 is 0 Å². The Hall–Kier alpha value is -1.26. The summed E-state index contributed by atoms with van der Waals surface area (Å²) in [4.78, 5) is 0. The van der Waals surface area contributed by atoms with Crippen LogP contribution in [-0.2, 0) is 6.54 Å². The van der Waals surface area contributed by atoms with Crippen molar-refractivity contribution < 1.29 is 8.78 Å². The van der Waals surface area contributed by atoms with Crippen LogP contribution in [0.25, 0.3) is 0 Å². The summed E-state index contributed by atoms with van der Waals surface area (Å²) < 4.78 is 26.9. The van der Waals surface area contributed by atoms with Gasteiger partial charge < -0.3 is 5.32 Å². The van der Waals surface area contributed by atoms with Gasteiger partial charge in [-0.2, -0.15) is 0 Å². The smallest absolute Gasteiger partial charge is 0.159 e. The van der Waals surface area contributed by atoms with Crippen molar-refractivity contribution in [2.45, 2.75) is 19.5 Å². The molecule has 2 aromatic rings. The first-order chi connectivity index (χ1) is 9.06. The molecule has 0 fully saturated rings. The molecule has 19 heavy (non-hydrogen) atoms. The Morgan fingerprint density at radius 2 is 1.74 bits per heavy atom. The van der Waals surface area contributed by atoms with Gasteiger partial charge in [0.15, 0.2) is 11.6 Å². The third kappa shape index (κ3) is 3.85. The molecule has 0 saturated carbocycles. The quantitative estimate of drug-likeness (QED) is 0.867. The Morgan fingerprint density at radius 1 is 1.05 bits per heavy atom. The van der Waals surface area contributed by atoms with Crippen LogP contribution in [0.5, 0.6) is 0 Å². The van der Waals surface area contributed by atoms with E-state index in [0.29, 0.717) is 6.54 Å². The van der Waals surface area contributed by atoms with Gasteiger partial charge in [-0.15, -0.1) is 0 Å². The maximum atomic E-state index is 13.1. The van der Waals surface area contributed by atoms with E-state index >= 15 is 0 Å². The number of rotatable bonds is 4. The van der Waals surface area contributed by atoms with Crippen molar-refractivity contribution in [1.82, 2.24) is 5.32 Å². The SMILES string of the molecule is C[C@H](NCc1ccc(F)c(F)c1)c1ccc(Br)cc1. The summed E-state index contributed by atoms with van der Waals surface area (Å²) in [6, 6.07) is 12.1. The second-order valence-electron chi connectivity index (χ2n) is 4.40. The Morgan fingerprint density at radius 3 is 2.37 bits per heavy atom. The Balaban J connectivity index is 1.98. The molecule has 0 spiro atoms. The standard InChI is InChI=1S/C15H14BrF2N/c1-10(12-3-5-13(16)6-4-12)19-9-11-2-7-14(17)15(18)8-11/h2-8,10,19H,9H2,1H3/t10-/m0/s1. The lowest BCUT2D eigenvalue weighted by molar-refractivity contribution is 0.504. The third-order valence-electron chi connectivity index (χ3n) is 2.97. The first-order valence-corrected chi connectivity index (χ1v) is 6.78. The van der Waals surface area contributed by atoms with Gasteiger partial charge in [-0.3, -0.25) is 0 Å². The van der Waals surface area contributed by atoms with Crippen LogP contribution in [0, 0.1) is 11.6 Å². The predicted octanol–water partition coefficient (Wildman–Crippen LogP) is 4.58. The zero-order chi connectivity index (χ0) is 13.8. The minimum Gasteiger partial charge on any atom is -0.306 e. The highest BCUT2D eigenvalue weighted by atomic mass is 79.9. The van der Waals surface area contributed by atoms with E-state index in [9.17, 15) is 8.78 Å². The minimum absolute atomic E-state index is 0.140. The maximum absolute atomic E-state index is 13.1. The summed E-state index contributed by atoms with van der Waals surface area (Å²) in [5.41, 5.74) is 1.87. The fourth-order valence-corrected chi connectivity index (χ4v) is 2.05. The summed E-state index contributed by atoms with van der Waals surface area (Å²) in [5.74, 6) is -1.62. The first kappa shape index (κ1) is 14.2. The number of nitrogens with one attached hydrogen (secondary N) is 1. The molecule has 2 aromatic carbocycles. The molecule has 2 rings (SSSR count). The van der Waals surface area contributed by atoms with Crippen LogP contribution in [0.3, 0.4) is 0 Å². The lowest BCUT2D eigenvalue weighted by atomic mass is 10.1. The first-order valence-electron chi connectivity index (χ1n) is 5.99. The molecule has 0 radical (unpaired) electrons. The highest BCUT2D eigenvalue weighted by Crippen LogP contribution is 2.17. The van der Waals surface area contributed by atoms with Crippen LogP contribution in [0.4, 0.5) is 8.78 Å². The van der Waals surface area contributed by atoms with Gasteiger partial charge in [0.2, 0.25) is 0 Å². The Kier molecular flexibility index (Phi) is 4.66. The van der Waals surface area contributed by atoms with Gasteiger partial charge in [0.05, 0.1) is 0 Å². The van der Waals surface area contributed by atoms with Crippen LogP contribution in [0.15, 0.2) is 46.9 Å². The maximum Gasteiger partial charge on any atom is 0.159 e. The van der Waals surface area contributed by atoms with E-state index in [2.05, 4.69) is 21.2 Å². The Bertz CT molecular complexity index is 555. The summed E-state index contributed by atoms with van der Waals surface area (Å²) in [5, 5.41) is 3.28. The molecule has 0 unspecified atom stereocenters. The van der Waals surface area contributed by atoms with Crippen molar-refractivity contribution in [3.63, 3.8) is 0 Å². The topological polar surface area (TPSA) is 12.0 Å². The average Bonchev–Trinajstić information content (AvgIpc) is 2.40. The molecule has 0 amide bonds.